The van der Waals surface area contributed by atoms with Crippen LogP contribution in [0.4, 0.5) is 0 Å². The molecule has 6 atom stereocenters. The molecule has 0 spiro atoms. The van der Waals surface area contributed by atoms with Gasteiger partial charge in [0.2, 0.25) is 0 Å². The van der Waals surface area contributed by atoms with Gasteiger partial charge < -0.3 is 28.8 Å². The van der Waals surface area contributed by atoms with E-state index in [2.05, 4.69) is 11.8 Å². The molecular formula is C23H26O10. The number of carbonyl (C=O) groups excluding carboxylic acids is 4. The Kier molecular flexibility index (Phi) is 9.39. The maximum absolute atomic E-state index is 11.8. The first kappa shape index (κ1) is 25.8. The summed E-state index contributed by atoms with van der Waals surface area (Å²) >= 11 is 0. The Morgan fingerprint density at radius 3 is 1.97 bits per heavy atom. The highest BCUT2D eigenvalue weighted by atomic mass is 16.7. The summed E-state index contributed by atoms with van der Waals surface area (Å²) in [6.45, 7) is 4.16. The van der Waals surface area contributed by atoms with Gasteiger partial charge in [0.25, 0.3) is 0 Å². The van der Waals surface area contributed by atoms with Gasteiger partial charge in [0.15, 0.2) is 18.3 Å². The number of benzene rings is 1. The van der Waals surface area contributed by atoms with Gasteiger partial charge in [-0.3, -0.25) is 19.2 Å². The normalized spacial score (nSPS) is 24.9. The molecule has 10 heteroatoms. The van der Waals surface area contributed by atoms with Gasteiger partial charge >= 0.3 is 23.9 Å². The fraction of sp³-hybridized carbons (Fsp3) is 0.478. The van der Waals surface area contributed by atoms with Gasteiger partial charge in [-0.15, -0.1) is 0 Å². The summed E-state index contributed by atoms with van der Waals surface area (Å²) < 4.78 is 26.8. The van der Waals surface area contributed by atoms with E-state index in [9.17, 15) is 24.3 Å². The van der Waals surface area contributed by atoms with Crippen LogP contribution in [-0.2, 0) is 42.9 Å². The highest BCUT2D eigenvalue weighted by Gasteiger charge is 2.53. The molecule has 1 fully saturated rings. The molecule has 0 unspecified atom stereocenters. The Morgan fingerprint density at radius 1 is 0.879 bits per heavy atom. The molecule has 1 aliphatic rings. The molecule has 0 radical (unpaired) electrons. The average molecular weight is 462 g/mol. The Hall–Kier alpha value is -3.42. The second-order valence-corrected chi connectivity index (χ2v) is 7.24. The van der Waals surface area contributed by atoms with Crippen LogP contribution in [0, 0.1) is 11.8 Å². The largest absolute Gasteiger partial charge is 0.463 e. The van der Waals surface area contributed by atoms with Gasteiger partial charge in [0, 0.05) is 33.3 Å². The van der Waals surface area contributed by atoms with Crippen molar-refractivity contribution >= 4 is 23.9 Å². The molecule has 1 aromatic carbocycles. The molecule has 33 heavy (non-hydrogen) atoms. The summed E-state index contributed by atoms with van der Waals surface area (Å²) in [4.78, 5) is 46.7. The van der Waals surface area contributed by atoms with Crippen LogP contribution in [0.1, 0.15) is 33.3 Å². The topological polar surface area (TPSA) is 135 Å². The number of hydrogen-bond donors (Lipinski definition) is 1. The molecule has 1 saturated heterocycles. The lowest BCUT2D eigenvalue weighted by Crippen LogP contribution is -2.64. The van der Waals surface area contributed by atoms with E-state index in [0.29, 0.717) is 5.56 Å². The zero-order valence-corrected chi connectivity index (χ0v) is 18.7. The van der Waals surface area contributed by atoms with Gasteiger partial charge in [0.1, 0.15) is 24.9 Å². The lowest BCUT2D eigenvalue weighted by Gasteiger charge is -2.45. The number of esters is 4. The van der Waals surface area contributed by atoms with E-state index in [-0.39, 0.29) is 6.61 Å². The third-order valence-corrected chi connectivity index (χ3v) is 4.48. The number of hydrogen-bond acceptors (Lipinski definition) is 10. The Balaban J connectivity index is 2.46. The van der Waals surface area contributed by atoms with E-state index >= 15 is 0 Å². The molecule has 0 aliphatic carbocycles. The summed E-state index contributed by atoms with van der Waals surface area (Å²) in [5.74, 6) is 2.52. The molecule has 2 rings (SSSR count). The van der Waals surface area contributed by atoms with E-state index in [1.807, 2.05) is 0 Å². The van der Waals surface area contributed by atoms with Crippen molar-refractivity contribution in [3.05, 3.63) is 35.9 Å². The van der Waals surface area contributed by atoms with E-state index in [0.717, 1.165) is 20.8 Å². The van der Waals surface area contributed by atoms with E-state index in [1.165, 1.54) is 6.92 Å². The first-order chi connectivity index (χ1) is 15.6. The zero-order chi connectivity index (χ0) is 24.5. The van der Waals surface area contributed by atoms with E-state index in [4.69, 9.17) is 23.7 Å². The maximum Gasteiger partial charge on any atom is 0.303 e. The quantitative estimate of drug-likeness (QED) is 0.362. The van der Waals surface area contributed by atoms with Crippen molar-refractivity contribution in [2.24, 2.45) is 0 Å². The van der Waals surface area contributed by atoms with Crippen molar-refractivity contribution < 1.29 is 48.0 Å². The summed E-state index contributed by atoms with van der Waals surface area (Å²) in [6.07, 6.45) is -7.99. The monoisotopic (exact) mass is 462 g/mol. The number of carbonyl (C=O) groups is 4. The summed E-state index contributed by atoms with van der Waals surface area (Å²) in [7, 11) is 0. The van der Waals surface area contributed by atoms with Crippen LogP contribution in [-0.4, -0.2) is 72.2 Å². The van der Waals surface area contributed by atoms with Crippen molar-refractivity contribution in [1.82, 2.24) is 0 Å². The highest BCUT2D eigenvalue weighted by molar-refractivity contribution is 5.68. The van der Waals surface area contributed by atoms with Gasteiger partial charge in [0.05, 0.1) is 0 Å². The minimum atomic E-state index is -1.51. The summed E-state index contributed by atoms with van der Waals surface area (Å²) in [5, 5.41) is 10.8. The fourth-order valence-electron chi connectivity index (χ4n) is 3.28. The number of rotatable bonds is 6. The zero-order valence-electron chi connectivity index (χ0n) is 18.7. The summed E-state index contributed by atoms with van der Waals surface area (Å²) in [6, 6.07) is 8.80. The van der Waals surface area contributed by atoms with Crippen molar-refractivity contribution in [1.29, 1.82) is 0 Å². The Labute approximate surface area is 191 Å². The number of ether oxygens (including phenoxy) is 5. The minimum Gasteiger partial charge on any atom is -0.463 e. The molecule has 0 bridgehead atoms. The molecule has 1 N–H and O–H groups in total. The standard InChI is InChI=1S/C23H26O10/c1-13(24)29-12-19-21(30-14(2)25)23(32-16(4)27)22(31-15(3)26)20(33-19)18(28)11-10-17-8-6-5-7-9-17/h5-9,18-23,28H,12H2,1-4H3/t18-,19+,20-,21+,22-,23-/m0/s1. The van der Waals surface area contributed by atoms with Gasteiger partial charge in [-0.05, 0) is 12.1 Å². The van der Waals surface area contributed by atoms with Crippen LogP contribution in [0.5, 0.6) is 0 Å². The minimum absolute atomic E-state index is 0.382. The highest BCUT2D eigenvalue weighted by Crippen LogP contribution is 2.30. The molecule has 1 aromatic rings. The Bertz CT molecular complexity index is 916. The van der Waals surface area contributed by atoms with Gasteiger partial charge in [-0.2, -0.15) is 0 Å². The molecule has 1 heterocycles. The van der Waals surface area contributed by atoms with Crippen molar-refractivity contribution in [3.8, 4) is 11.8 Å². The first-order valence-electron chi connectivity index (χ1n) is 10.1. The van der Waals surface area contributed by atoms with Gasteiger partial charge in [-0.25, -0.2) is 0 Å². The predicted octanol–water partition coefficient (Wildman–Crippen LogP) is 0.525. The Morgan fingerprint density at radius 2 is 1.42 bits per heavy atom. The molecule has 0 amide bonds. The number of aliphatic hydroxyl groups excluding tert-OH is 1. The lowest BCUT2D eigenvalue weighted by atomic mass is 9.91. The number of aliphatic hydroxyl groups is 1. The van der Waals surface area contributed by atoms with E-state index in [1.54, 1.807) is 30.3 Å². The van der Waals surface area contributed by atoms with Crippen molar-refractivity contribution in [2.75, 3.05) is 6.61 Å². The second-order valence-electron chi connectivity index (χ2n) is 7.24. The first-order valence-corrected chi connectivity index (χ1v) is 10.1. The molecule has 178 valence electrons. The lowest BCUT2D eigenvalue weighted by molar-refractivity contribution is -0.261. The SMILES string of the molecule is CC(=O)OC[C@H]1O[C@@H]([C@@H](O)C#Cc2ccccc2)[C@H](OC(C)=O)[C@@H](OC(C)=O)[C@@H]1OC(C)=O. The summed E-state index contributed by atoms with van der Waals surface area (Å²) in [5.41, 5.74) is 0.613. The van der Waals surface area contributed by atoms with Crippen molar-refractivity contribution in [2.45, 2.75) is 64.3 Å². The van der Waals surface area contributed by atoms with E-state index < -0.39 is 60.5 Å². The maximum atomic E-state index is 11.8. The average Bonchev–Trinajstić information content (AvgIpc) is 2.73. The van der Waals surface area contributed by atoms with Crippen LogP contribution in [0.15, 0.2) is 30.3 Å². The third-order valence-electron chi connectivity index (χ3n) is 4.48. The second kappa shape index (κ2) is 12.0. The van der Waals surface area contributed by atoms with Crippen LogP contribution >= 0.6 is 0 Å². The molecule has 0 saturated carbocycles. The molecule has 0 aromatic heterocycles. The smallest absolute Gasteiger partial charge is 0.303 e. The van der Waals surface area contributed by atoms with Crippen LogP contribution < -0.4 is 0 Å². The van der Waals surface area contributed by atoms with Crippen molar-refractivity contribution in [3.63, 3.8) is 0 Å². The third kappa shape index (κ3) is 7.89. The fourth-order valence-corrected chi connectivity index (χ4v) is 3.28. The molecule has 1 aliphatic heterocycles. The van der Waals surface area contributed by atoms with Gasteiger partial charge in [-0.1, -0.05) is 30.0 Å². The molecule has 10 nitrogen and oxygen atoms in total. The van der Waals surface area contributed by atoms with Crippen LogP contribution in [0.25, 0.3) is 0 Å². The van der Waals surface area contributed by atoms with Crippen LogP contribution in [0.3, 0.4) is 0 Å². The molecular weight excluding hydrogens is 436 g/mol. The van der Waals surface area contributed by atoms with Crippen LogP contribution in [0.2, 0.25) is 0 Å². The predicted molar refractivity (Wildman–Crippen MR) is 111 cm³/mol.